The van der Waals surface area contributed by atoms with Crippen LogP contribution in [0, 0.1) is 11.6 Å². The highest BCUT2D eigenvalue weighted by molar-refractivity contribution is 7.99. The van der Waals surface area contributed by atoms with Crippen molar-refractivity contribution >= 4 is 29.2 Å². The van der Waals surface area contributed by atoms with Crippen molar-refractivity contribution in [3.8, 4) is 0 Å². The lowest BCUT2D eigenvalue weighted by Crippen LogP contribution is -2.04. The Morgan fingerprint density at radius 3 is 2.53 bits per heavy atom. The summed E-state index contributed by atoms with van der Waals surface area (Å²) in [6.45, 7) is 2.33. The maximum atomic E-state index is 13.7. The Hall–Kier alpha value is -1.33. The highest BCUT2D eigenvalue weighted by atomic mass is 35.5. The SMILES string of the molecule is CCNc1nc(Sc2ccc(Cl)cc2)c(F)cc1F. The third-order valence-corrected chi connectivity index (χ3v) is 3.51. The predicted molar refractivity (Wildman–Crippen MR) is 73.9 cm³/mol. The molecule has 2 aromatic rings. The van der Waals surface area contributed by atoms with Gasteiger partial charge in [-0.2, -0.15) is 0 Å². The van der Waals surface area contributed by atoms with Crippen molar-refractivity contribution in [2.24, 2.45) is 0 Å². The van der Waals surface area contributed by atoms with Gasteiger partial charge in [0.2, 0.25) is 0 Å². The Kier molecular flexibility index (Phi) is 4.61. The minimum atomic E-state index is -0.695. The third kappa shape index (κ3) is 3.58. The summed E-state index contributed by atoms with van der Waals surface area (Å²) in [5.41, 5.74) is 0. The van der Waals surface area contributed by atoms with Crippen LogP contribution in [0.1, 0.15) is 6.92 Å². The number of anilines is 1. The monoisotopic (exact) mass is 300 g/mol. The zero-order chi connectivity index (χ0) is 13.8. The number of hydrogen-bond acceptors (Lipinski definition) is 3. The number of hydrogen-bond donors (Lipinski definition) is 1. The van der Waals surface area contributed by atoms with Crippen molar-refractivity contribution in [1.29, 1.82) is 0 Å². The number of aromatic nitrogens is 1. The lowest BCUT2D eigenvalue weighted by molar-refractivity contribution is 0.551. The molecule has 6 heteroatoms. The van der Waals surface area contributed by atoms with Crippen molar-refractivity contribution in [1.82, 2.24) is 4.98 Å². The van der Waals surface area contributed by atoms with E-state index in [1.54, 1.807) is 24.3 Å². The lowest BCUT2D eigenvalue weighted by atomic mass is 10.4. The number of nitrogens with zero attached hydrogens (tertiary/aromatic N) is 1. The van der Waals surface area contributed by atoms with Crippen LogP contribution in [0.5, 0.6) is 0 Å². The van der Waals surface area contributed by atoms with Crippen molar-refractivity contribution in [2.75, 3.05) is 11.9 Å². The number of halogens is 3. The van der Waals surface area contributed by atoms with Crippen LogP contribution in [0.2, 0.25) is 5.02 Å². The summed E-state index contributed by atoms with van der Waals surface area (Å²) < 4.78 is 27.1. The lowest BCUT2D eigenvalue weighted by Gasteiger charge is -2.08. The van der Waals surface area contributed by atoms with Gasteiger partial charge in [0.1, 0.15) is 5.03 Å². The normalized spacial score (nSPS) is 10.5. The van der Waals surface area contributed by atoms with Gasteiger partial charge in [0.25, 0.3) is 0 Å². The average Bonchev–Trinajstić information content (AvgIpc) is 2.38. The first-order valence-electron chi connectivity index (χ1n) is 5.63. The molecule has 0 saturated heterocycles. The molecular weight excluding hydrogens is 290 g/mol. The maximum absolute atomic E-state index is 13.7. The fourth-order valence-corrected chi connectivity index (χ4v) is 2.34. The number of benzene rings is 1. The Balaban J connectivity index is 2.28. The van der Waals surface area contributed by atoms with E-state index < -0.39 is 11.6 Å². The molecule has 1 aromatic heterocycles. The second-order valence-electron chi connectivity index (χ2n) is 3.69. The molecule has 2 nitrogen and oxygen atoms in total. The summed E-state index contributed by atoms with van der Waals surface area (Å²) in [4.78, 5) is 4.73. The molecule has 0 aliphatic rings. The van der Waals surface area contributed by atoms with Crippen molar-refractivity contribution in [3.05, 3.63) is 47.0 Å². The molecule has 0 amide bonds. The molecule has 0 bridgehead atoms. The first-order chi connectivity index (χ1) is 9.10. The van der Waals surface area contributed by atoms with E-state index in [2.05, 4.69) is 10.3 Å². The smallest absolute Gasteiger partial charge is 0.168 e. The van der Waals surface area contributed by atoms with Gasteiger partial charge in [0.15, 0.2) is 17.5 Å². The van der Waals surface area contributed by atoms with Gasteiger partial charge in [-0.05, 0) is 31.2 Å². The second kappa shape index (κ2) is 6.21. The number of nitrogens with one attached hydrogen (secondary N) is 1. The first kappa shape index (κ1) is 14.1. The predicted octanol–water partition coefficient (Wildman–Crippen LogP) is 4.60. The average molecular weight is 301 g/mol. The van der Waals surface area contributed by atoms with E-state index >= 15 is 0 Å². The molecule has 0 aliphatic carbocycles. The van der Waals surface area contributed by atoms with Crippen molar-refractivity contribution in [2.45, 2.75) is 16.8 Å². The van der Waals surface area contributed by atoms with Gasteiger partial charge in [0.05, 0.1) is 0 Å². The van der Waals surface area contributed by atoms with E-state index in [0.29, 0.717) is 11.6 Å². The molecule has 100 valence electrons. The molecule has 19 heavy (non-hydrogen) atoms. The summed E-state index contributed by atoms with van der Waals surface area (Å²) in [5.74, 6) is -1.32. The van der Waals surface area contributed by atoms with Crippen LogP contribution in [0.25, 0.3) is 0 Å². The van der Waals surface area contributed by atoms with Crippen LogP contribution in [0.15, 0.2) is 40.3 Å². The molecule has 0 aliphatic heterocycles. The van der Waals surface area contributed by atoms with Gasteiger partial charge >= 0.3 is 0 Å². The molecule has 0 unspecified atom stereocenters. The van der Waals surface area contributed by atoms with Crippen LogP contribution in [-0.2, 0) is 0 Å². The van der Waals surface area contributed by atoms with E-state index in [-0.39, 0.29) is 10.8 Å². The van der Waals surface area contributed by atoms with E-state index in [9.17, 15) is 8.78 Å². The number of pyridine rings is 1. The summed E-state index contributed by atoms with van der Waals surface area (Å²) >= 11 is 6.89. The molecule has 0 fully saturated rings. The molecule has 0 spiro atoms. The highest BCUT2D eigenvalue weighted by Gasteiger charge is 2.12. The highest BCUT2D eigenvalue weighted by Crippen LogP contribution is 2.30. The van der Waals surface area contributed by atoms with Gasteiger partial charge in [0, 0.05) is 22.5 Å². The van der Waals surface area contributed by atoms with Gasteiger partial charge in [-0.15, -0.1) is 0 Å². The molecule has 0 radical (unpaired) electrons. The van der Waals surface area contributed by atoms with Crippen LogP contribution in [-0.4, -0.2) is 11.5 Å². The van der Waals surface area contributed by atoms with Crippen LogP contribution < -0.4 is 5.32 Å². The van der Waals surface area contributed by atoms with Crippen molar-refractivity contribution in [3.63, 3.8) is 0 Å². The third-order valence-electron chi connectivity index (χ3n) is 2.27. The van der Waals surface area contributed by atoms with E-state index in [0.717, 1.165) is 22.7 Å². The second-order valence-corrected chi connectivity index (χ2v) is 5.19. The molecule has 0 saturated carbocycles. The van der Waals surface area contributed by atoms with Crippen LogP contribution in [0.4, 0.5) is 14.6 Å². The van der Waals surface area contributed by atoms with Gasteiger partial charge < -0.3 is 5.32 Å². The summed E-state index contributed by atoms with van der Waals surface area (Å²) in [5, 5.41) is 3.48. The first-order valence-corrected chi connectivity index (χ1v) is 6.83. The van der Waals surface area contributed by atoms with Gasteiger partial charge in [-0.3, -0.25) is 0 Å². The summed E-state index contributed by atoms with van der Waals surface area (Å²) in [7, 11) is 0. The maximum Gasteiger partial charge on any atom is 0.168 e. The quantitative estimate of drug-likeness (QED) is 0.893. The minimum absolute atomic E-state index is 0.0559. The zero-order valence-electron chi connectivity index (χ0n) is 10.1. The molecule has 2 rings (SSSR count). The zero-order valence-corrected chi connectivity index (χ0v) is 11.7. The molecular formula is C13H11ClF2N2S. The molecule has 0 atom stereocenters. The summed E-state index contributed by atoms with van der Waals surface area (Å²) in [6.07, 6.45) is 0. The van der Waals surface area contributed by atoms with Gasteiger partial charge in [-0.1, -0.05) is 23.4 Å². The number of rotatable bonds is 4. The topological polar surface area (TPSA) is 24.9 Å². The fraction of sp³-hybridized carbons (Fsp3) is 0.154. The minimum Gasteiger partial charge on any atom is -0.368 e. The van der Waals surface area contributed by atoms with Gasteiger partial charge in [-0.25, -0.2) is 13.8 Å². The van der Waals surface area contributed by atoms with E-state index in [1.807, 2.05) is 6.92 Å². The Labute approximate surface area is 119 Å². The Morgan fingerprint density at radius 2 is 1.89 bits per heavy atom. The fourth-order valence-electron chi connectivity index (χ4n) is 1.43. The Bertz CT molecular complexity index is 576. The standard InChI is InChI=1S/C13H11ClF2N2S/c1-2-17-12-10(15)7-11(16)13(18-12)19-9-5-3-8(14)4-6-9/h3-7H,2H2,1H3,(H,17,18). The summed E-state index contributed by atoms with van der Waals surface area (Å²) in [6, 6.07) is 7.76. The Morgan fingerprint density at radius 1 is 1.21 bits per heavy atom. The van der Waals surface area contributed by atoms with Crippen molar-refractivity contribution < 1.29 is 8.78 Å². The van der Waals surface area contributed by atoms with Crippen LogP contribution in [0.3, 0.4) is 0 Å². The van der Waals surface area contributed by atoms with E-state index in [4.69, 9.17) is 11.6 Å². The van der Waals surface area contributed by atoms with Crippen LogP contribution >= 0.6 is 23.4 Å². The molecule has 1 N–H and O–H groups in total. The molecule has 1 heterocycles. The largest absolute Gasteiger partial charge is 0.368 e. The molecule has 1 aromatic carbocycles. The van der Waals surface area contributed by atoms with E-state index in [1.165, 1.54) is 0 Å².